The second-order valence-electron chi connectivity index (χ2n) is 4.98. The number of aromatic carboxylic acids is 1. The zero-order valence-corrected chi connectivity index (χ0v) is 11.1. The summed E-state index contributed by atoms with van der Waals surface area (Å²) in [7, 11) is 0. The predicted molar refractivity (Wildman–Crippen MR) is 72.3 cm³/mol. The zero-order valence-electron chi connectivity index (χ0n) is 11.1. The molecule has 1 amide bonds. The van der Waals surface area contributed by atoms with Crippen LogP contribution in [-0.2, 0) is 4.79 Å². The summed E-state index contributed by atoms with van der Waals surface area (Å²) in [5, 5.41) is 15.1. The van der Waals surface area contributed by atoms with Gasteiger partial charge in [-0.1, -0.05) is 11.6 Å². The second kappa shape index (κ2) is 5.40. The molecule has 1 aromatic carbocycles. The number of rotatable bonds is 3. The number of hydrogen-bond donors (Lipinski definition) is 3. The minimum Gasteiger partial charge on any atom is -0.478 e. The van der Waals surface area contributed by atoms with Crippen molar-refractivity contribution in [3.63, 3.8) is 0 Å². The van der Waals surface area contributed by atoms with Crippen LogP contribution in [0.15, 0.2) is 18.2 Å². The van der Waals surface area contributed by atoms with Gasteiger partial charge in [0.05, 0.1) is 17.2 Å². The standard InChI is InChI=1S/C14H18N2O3/c1-8-3-4-12(11(7-8)14(18)19)16-13(17)10-5-6-15-9(10)2/h3-4,7,9-10,15H,5-6H2,1-2H3,(H,16,17)(H,18,19). The molecule has 1 saturated heterocycles. The Morgan fingerprint density at radius 3 is 2.74 bits per heavy atom. The highest BCUT2D eigenvalue weighted by atomic mass is 16.4. The first-order chi connectivity index (χ1) is 8.99. The molecule has 0 saturated carbocycles. The fourth-order valence-electron chi connectivity index (χ4n) is 2.39. The number of nitrogens with one attached hydrogen (secondary N) is 2. The Hall–Kier alpha value is -1.88. The lowest BCUT2D eigenvalue weighted by Gasteiger charge is -2.16. The monoisotopic (exact) mass is 262 g/mol. The van der Waals surface area contributed by atoms with Crippen LogP contribution < -0.4 is 10.6 Å². The Balaban J connectivity index is 2.19. The highest BCUT2D eigenvalue weighted by Gasteiger charge is 2.29. The molecule has 1 fully saturated rings. The van der Waals surface area contributed by atoms with Gasteiger partial charge in [0.15, 0.2) is 0 Å². The molecule has 0 radical (unpaired) electrons. The highest BCUT2D eigenvalue weighted by molar-refractivity contribution is 6.01. The number of benzene rings is 1. The van der Waals surface area contributed by atoms with Crippen molar-refractivity contribution in [3.05, 3.63) is 29.3 Å². The van der Waals surface area contributed by atoms with E-state index >= 15 is 0 Å². The third kappa shape index (κ3) is 2.93. The van der Waals surface area contributed by atoms with Gasteiger partial charge < -0.3 is 15.7 Å². The van der Waals surface area contributed by atoms with Crippen LogP contribution in [0, 0.1) is 12.8 Å². The van der Waals surface area contributed by atoms with Crippen LogP contribution in [0.25, 0.3) is 0 Å². The molecule has 0 aromatic heterocycles. The minimum absolute atomic E-state index is 0.108. The molecule has 1 aromatic rings. The van der Waals surface area contributed by atoms with Crippen LogP contribution in [0.2, 0.25) is 0 Å². The summed E-state index contributed by atoms with van der Waals surface area (Å²) >= 11 is 0. The summed E-state index contributed by atoms with van der Waals surface area (Å²) in [6.45, 7) is 4.60. The van der Waals surface area contributed by atoms with E-state index in [4.69, 9.17) is 5.11 Å². The van der Waals surface area contributed by atoms with E-state index in [-0.39, 0.29) is 23.4 Å². The van der Waals surface area contributed by atoms with Gasteiger partial charge in [0.2, 0.25) is 5.91 Å². The van der Waals surface area contributed by atoms with Gasteiger partial charge >= 0.3 is 5.97 Å². The minimum atomic E-state index is -1.03. The molecule has 1 heterocycles. The van der Waals surface area contributed by atoms with Gasteiger partial charge in [0, 0.05) is 6.04 Å². The maximum Gasteiger partial charge on any atom is 0.337 e. The lowest BCUT2D eigenvalue weighted by Crippen LogP contribution is -2.32. The van der Waals surface area contributed by atoms with E-state index in [1.165, 1.54) is 0 Å². The molecule has 3 N–H and O–H groups in total. The van der Waals surface area contributed by atoms with E-state index in [1.54, 1.807) is 18.2 Å². The number of carboxylic acids is 1. The predicted octanol–water partition coefficient (Wildman–Crippen LogP) is 1.63. The zero-order chi connectivity index (χ0) is 14.0. The molecular formula is C14H18N2O3. The lowest BCUT2D eigenvalue weighted by atomic mass is 10.0. The number of carboxylic acid groups (broad SMARTS) is 1. The molecule has 102 valence electrons. The van der Waals surface area contributed by atoms with Crippen LogP contribution in [0.5, 0.6) is 0 Å². The molecule has 19 heavy (non-hydrogen) atoms. The van der Waals surface area contributed by atoms with Gasteiger partial charge in [-0.15, -0.1) is 0 Å². The van der Waals surface area contributed by atoms with Crippen LogP contribution in [-0.4, -0.2) is 29.6 Å². The maximum absolute atomic E-state index is 12.1. The van der Waals surface area contributed by atoms with E-state index in [1.807, 2.05) is 13.8 Å². The largest absolute Gasteiger partial charge is 0.478 e. The Bertz CT molecular complexity index is 513. The first-order valence-electron chi connectivity index (χ1n) is 6.37. The van der Waals surface area contributed by atoms with Crippen LogP contribution in [0.3, 0.4) is 0 Å². The molecule has 2 unspecified atom stereocenters. The summed E-state index contributed by atoms with van der Waals surface area (Å²) < 4.78 is 0. The normalized spacial score (nSPS) is 22.2. The summed E-state index contributed by atoms with van der Waals surface area (Å²) in [6.07, 6.45) is 0.779. The molecule has 0 bridgehead atoms. The molecule has 2 atom stereocenters. The quantitative estimate of drug-likeness (QED) is 0.773. The SMILES string of the molecule is Cc1ccc(NC(=O)C2CCNC2C)c(C(=O)O)c1. The smallest absolute Gasteiger partial charge is 0.337 e. The molecular weight excluding hydrogens is 244 g/mol. The summed E-state index contributed by atoms with van der Waals surface area (Å²) in [5.41, 5.74) is 1.35. The number of hydrogen-bond acceptors (Lipinski definition) is 3. The number of anilines is 1. The Kier molecular flexibility index (Phi) is 3.85. The van der Waals surface area contributed by atoms with Crippen molar-refractivity contribution >= 4 is 17.6 Å². The van der Waals surface area contributed by atoms with Crippen LogP contribution in [0.4, 0.5) is 5.69 Å². The average Bonchev–Trinajstić information content (AvgIpc) is 2.77. The Morgan fingerprint density at radius 1 is 1.42 bits per heavy atom. The van der Waals surface area contributed by atoms with Gasteiger partial charge in [-0.05, 0) is 38.9 Å². The lowest BCUT2D eigenvalue weighted by molar-refractivity contribution is -0.120. The van der Waals surface area contributed by atoms with E-state index in [9.17, 15) is 9.59 Å². The number of amides is 1. The van der Waals surface area contributed by atoms with E-state index in [0.29, 0.717) is 5.69 Å². The topological polar surface area (TPSA) is 78.4 Å². The molecule has 0 aliphatic carbocycles. The Morgan fingerprint density at radius 2 is 2.16 bits per heavy atom. The van der Waals surface area contributed by atoms with Crippen molar-refractivity contribution in [2.24, 2.45) is 5.92 Å². The van der Waals surface area contributed by atoms with Crippen molar-refractivity contribution in [1.82, 2.24) is 5.32 Å². The molecule has 0 spiro atoms. The number of carbonyl (C=O) groups is 2. The van der Waals surface area contributed by atoms with Gasteiger partial charge in [0.25, 0.3) is 0 Å². The third-order valence-electron chi connectivity index (χ3n) is 3.53. The molecule has 5 heteroatoms. The Labute approximate surface area is 112 Å². The van der Waals surface area contributed by atoms with Crippen LogP contribution in [0.1, 0.15) is 29.3 Å². The summed E-state index contributed by atoms with van der Waals surface area (Å²) in [5.74, 6) is -1.26. The van der Waals surface area contributed by atoms with E-state index in [2.05, 4.69) is 10.6 Å². The summed E-state index contributed by atoms with van der Waals surface area (Å²) in [4.78, 5) is 23.3. The molecule has 5 nitrogen and oxygen atoms in total. The number of carbonyl (C=O) groups excluding carboxylic acids is 1. The van der Waals surface area contributed by atoms with Gasteiger partial charge in [-0.25, -0.2) is 4.79 Å². The van der Waals surface area contributed by atoms with Crippen molar-refractivity contribution < 1.29 is 14.7 Å². The van der Waals surface area contributed by atoms with Gasteiger partial charge in [0.1, 0.15) is 0 Å². The first-order valence-corrected chi connectivity index (χ1v) is 6.37. The maximum atomic E-state index is 12.1. The van der Waals surface area contributed by atoms with E-state index in [0.717, 1.165) is 18.5 Å². The molecule has 1 aliphatic rings. The average molecular weight is 262 g/mol. The first kappa shape index (κ1) is 13.5. The van der Waals surface area contributed by atoms with Crippen LogP contribution >= 0.6 is 0 Å². The fraction of sp³-hybridized carbons (Fsp3) is 0.429. The summed E-state index contributed by atoms with van der Waals surface area (Å²) in [6, 6.07) is 5.12. The number of aryl methyl sites for hydroxylation is 1. The van der Waals surface area contributed by atoms with Gasteiger partial charge in [-0.2, -0.15) is 0 Å². The second-order valence-corrected chi connectivity index (χ2v) is 4.98. The molecule has 1 aliphatic heterocycles. The molecule has 2 rings (SSSR count). The van der Waals surface area contributed by atoms with Crippen molar-refractivity contribution in [3.8, 4) is 0 Å². The highest BCUT2D eigenvalue weighted by Crippen LogP contribution is 2.21. The third-order valence-corrected chi connectivity index (χ3v) is 3.53. The fourth-order valence-corrected chi connectivity index (χ4v) is 2.39. The van der Waals surface area contributed by atoms with E-state index < -0.39 is 5.97 Å². The van der Waals surface area contributed by atoms with Crippen molar-refractivity contribution in [1.29, 1.82) is 0 Å². The van der Waals surface area contributed by atoms with Crippen molar-refractivity contribution in [2.75, 3.05) is 11.9 Å². The van der Waals surface area contributed by atoms with Crippen molar-refractivity contribution in [2.45, 2.75) is 26.3 Å². The van der Waals surface area contributed by atoms with Gasteiger partial charge in [-0.3, -0.25) is 4.79 Å².